The Labute approximate surface area is 800 Å². The molecule has 29 rings (SSSR count). The van der Waals surface area contributed by atoms with Gasteiger partial charge in [-0.05, 0) is 253 Å². The average Bonchev–Trinajstić information content (AvgIpc) is 1.51. The Hall–Kier alpha value is -15.2. The highest BCUT2D eigenvalue weighted by molar-refractivity contribution is 6.10. The SMILES string of the molecule is Cc1ccc2c(c1)-c1cc3c(cc1C2(C)C)C(C)(C)c1ccccc1-3.Cc1ccc2c(c1)-c1ccccc1C21c2ccccc2-c2ccccc21.Cc1ccc2c(c1)C(C)(C)c1c-2ccc2c1C(C)(C)c1ccccc1-2.Cc1ccc2c(c1)C1(c3ccccc3-c3ccccc31)c1ccccc1-2.Cn1c2ccccc2c2cc(-c3ccccc3)ccc21.Cn1c2ccccc2c2ccccc21. The van der Waals surface area contributed by atoms with Crippen molar-refractivity contribution < 1.29 is 0 Å². The maximum atomic E-state index is 2.50. The van der Waals surface area contributed by atoms with E-state index in [0.717, 1.165) is 0 Å². The van der Waals surface area contributed by atoms with Crippen molar-refractivity contribution in [3.8, 4) is 100 Å². The van der Waals surface area contributed by atoms with Crippen LogP contribution in [0.2, 0.25) is 0 Å². The van der Waals surface area contributed by atoms with Gasteiger partial charge in [0.15, 0.2) is 0 Å². The van der Waals surface area contributed by atoms with Gasteiger partial charge in [-0.2, -0.15) is 0 Å². The van der Waals surface area contributed by atoms with Gasteiger partial charge in [0, 0.05) is 79.4 Å². The van der Waals surface area contributed by atoms with Crippen LogP contribution < -0.4 is 0 Å². The number of aryl methyl sites for hydroxylation is 6. The molecule has 656 valence electrons. The molecule has 0 N–H and O–H groups in total. The van der Waals surface area contributed by atoms with Gasteiger partial charge in [-0.3, -0.25) is 0 Å². The predicted octanol–water partition coefficient (Wildman–Crippen LogP) is 34.2. The molecular formula is C134H110N2. The van der Waals surface area contributed by atoms with E-state index in [-0.39, 0.29) is 32.5 Å². The molecular weight excluding hydrogens is 1640 g/mol. The standard InChI is InChI=1S/2C26H18.2C25H24.C19H15N.C13H11N/c1-17-14-15-25-21(16-17)20-10-4-7-13-24(20)26(25)22-11-5-2-8-18(22)19-9-3-6-12-23(19)26;1-17-14-15-21-20-10-4-7-13-24(20)26(25(21)16-17)22-11-5-2-8-18(22)19-9-3-6-12-23(19)26;1-15-10-11-21-17(12-15)19-13-18-16-8-6-7-9-20(16)24(2,3)22(18)14-23(19)25(21,4)5;1-15-10-11-17-19-13-12-18-16-8-6-7-9-20(16)24(2,3)22(18)23(19)25(4,5)21(17)14-15;1-20-18-10-6-5-9-16(18)17-13-15(11-12-19(17)20)14-7-3-2-4-8-14;1-14-12-8-4-2-6-10(12)11-7-3-5-9-13(11)14/h2*2-16H,1H3;2*6-14H,1-5H3;2-13H,1H3;2-9H,1H3. The third-order valence-electron chi connectivity index (χ3n) is 32.2. The number of hydrogen-bond acceptors (Lipinski definition) is 0. The molecule has 0 bridgehead atoms. The largest absolute Gasteiger partial charge is 0.344 e. The second kappa shape index (κ2) is 31.2. The molecule has 0 amide bonds. The Bertz CT molecular complexity index is 8390. The summed E-state index contributed by atoms with van der Waals surface area (Å²) in [6.45, 7) is 27.8. The zero-order chi connectivity index (χ0) is 92.8. The van der Waals surface area contributed by atoms with Gasteiger partial charge in [0.05, 0.1) is 10.8 Å². The molecule has 8 aliphatic carbocycles. The number of hydrogen-bond donors (Lipinski definition) is 0. The first-order valence-corrected chi connectivity index (χ1v) is 48.6. The fraction of sp³-hybridized carbons (Fsp3) is 0.149. The van der Waals surface area contributed by atoms with E-state index in [2.05, 4.69) is 519 Å². The number of benzene rings is 19. The van der Waals surface area contributed by atoms with E-state index in [1.165, 1.54) is 255 Å². The van der Waals surface area contributed by atoms with Gasteiger partial charge >= 0.3 is 0 Å². The summed E-state index contributed by atoms with van der Waals surface area (Å²) in [6, 6.07) is 152. The second-order valence-corrected chi connectivity index (χ2v) is 41.2. The van der Waals surface area contributed by atoms with Crippen LogP contribution in [0.5, 0.6) is 0 Å². The van der Waals surface area contributed by atoms with E-state index in [1.807, 2.05) is 0 Å². The van der Waals surface area contributed by atoms with Crippen LogP contribution in [-0.2, 0) is 46.6 Å². The van der Waals surface area contributed by atoms with Gasteiger partial charge in [-0.15, -0.1) is 0 Å². The highest BCUT2D eigenvalue weighted by atomic mass is 14.9. The van der Waals surface area contributed by atoms with Gasteiger partial charge in [0.2, 0.25) is 0 Å². The number of fused-ring (bicyclic) bond motifs is 39. The fourth-order valence-electron chi connectivity index (χ4n) is 25.9. The molecule has 2 heteroatoms. The molecule has 0 atom stereocenters. The van der Waals surface area contributed by atoms with Crippen molar-refractivity contribution in [1.29, 1.82) is 0 Å². The van der Waals surface area contributed by atoms with Crippen LogP contribution in [0.1, 0.15) is 167 Å². The van der Waals surface area contributed by atoms with Gasteiger partial charge in [0.1, 0.15) is 0 Å². The smallest absolute Gasteiger partial charge is 0.0725 e. The summed E-state index contributed by atoms with van der Waals surface area (Å²) in [7, 11) is 4.25. The van der Waals surface area contributed by atoms with Crippen LogP contribution >= 0.6 is 0 Å². The molecule has 2 nitrogen and oxygen atoms in total. The molecule has 0 aliphatic heterocycles. The van der Waals surface area contributed by atoms with Crippen molar-refractivity contribution in [2.24, 2.45) is 14.1 Å². The van der Waals surface area contributed by atoms with E-state index >= 15 is 0 Å². The zero-order valence-corrected chi connectivity index (χ0v) is 80.2. The molecule has 0 fully saturated rings. The molecule has 0 unspecified atom stereocenters. The normalized spacial score (nSPS) is 14.9. The molecule has 136 heavy (non-hydrogen) atoms. The van der Waals surface area contributed by atoms with Crippen molar-refractivity contribution in [2.75, 3.05) is 0 Å². The quantitative estimate of drug-likeness (QED) is 0.155. The first kappa shape index (κ1) is 83.8. The van der Waals surface area contributed by atoms with Gasteiger partial charge in [0.25, 0.3) is 0 Å². The second-order valence-electron chi connectivity index (χ2n) is 41.2. The fourth-order valence-corrected chi connectivity index (χ4v) is 25.9. The van der Waals surface area contributed by atoms with E-state index in [1.54, 1.807) is 0 Å². The maximum absolute atomic E-state index is 2.50. The van der Waals surface area contributed by atoms with Crippen LogP contribution in [0.3, 0.4) is 0 Å². The van der Waals surface area contributed by atoms with Crippen molar-refractivity contribution in [2.45, 2.75) is 116 Å². The summed E-state index contributed by atoms with van der Waals surface area (Å²) in [5.74, 6) is 0. The minimum atomic E-state index is -0.189. The van der Waals surface area contributed by atoms with E-state index < -0.39 is 0 Å². The lowest BCUT2D eigenvalue weighted by Crippen LogP contribution is -2.25. The van der Waals surface area contributed by atoms with Crippen LogP contribution in [0, 0.1) is 27.7 Å². The van der Waals surface area contributed by atoms with Crippen LogP contribution in [0.15, 0.2) is 413 Å². The van der Waals surface area contributed by atoms with Crippen molar-refractivity contribution >= 4 is 43.6 Å². The number of aromatic nitrogens is 2. The van der Waals surface area contributed by atoms with Crippen LogP contribution in [0.4, 0.5) is 0 Å². The highest BCUT2D eigenvalue weighted by Crippen LogP contribution is 2.66. The van der Waals surface area contributed by atoms with Gasteiger partial charge < -0.3 is 9.13 Å². The summed E-state index contributed by atoms with van der Waals surface area (Å²) in [5, 5.41) is 5.32. The number of nitrogens with zero attached hydrogens (tertiary/aromatic N) is 2. The Kier molecular flexibility index (Phi) is 19.2. The molecule has 2 aromatic heterocycles. The monoisotopic (exact) mass is 1750 g/mol. The molecule has 2 heterocycles. The lowest BCUT2D eigenvalue weighted by molar-refractivity contribution is 0.601. The summed E-state index contributed by atoms with van der Waals surface area (Å²) in [5.41, 5.74) is 58.4. The lowest BCUT2D eigenvalue weighted by Gasteiger charge is -2.30. The summed E-state index contributed by atoms with van der Waals surface area (Å²) in [6.07, 6.45) is 0. The predicted molar refractivity (Wildman–Crippen MR) is 574 cm³/mol. The Morgan fingerprint density at radius 3 is 0.860 bits per heavy atom. The number of para-hydroxylation sites is 3. The third kappa shape index (κ3) is 12.2. The molecule has 21 aromatic rings. The van der Waals surface area contributed by atoms with E-state index in [0.29, 0.717) is 0 Å². The molecule has 0 saturated heterocycles. The summed E-state index contributed by atoms with van der Waals surface area (Å²) >= 11 is 0. The zero-order valence-electron chi connectivity index (χ0n) is 80.2. The first-order valence-electron chi connectivity index (χ1n) is 48.6. The van der Waals surface area contributed by atoms with E-state index in [4.69, 9.17) is 0 Å². The minimum Gasteiger partial charge on any atom is -0.344 e. The average molecular weight is 1750 g/mol. The Balaban J connectivity index is 0.0000000900. The third-order valence-corrected chi connectivity index (χ3v) is 32.2. The van der Waals surface area contributed by atoms with Crippen molar-refractivity contribution in [3.05, 3.63) is 524 Å². The van der Waals surface area contributed by atoms with Crippen LogP contribution in [0.25, 0.3) is 144 Å². The minimum absolute atomic E-state index is 0.0430. The Morgan fingerprint density at radius 1 is 0.154 bits per heavy atom. The van der Waals surface area contributed by atoms with Gasteiger partial charge in [-0.1, -0.05) is 454 Å². The summed E-state index contributed by atoms with van der Waals surface area (Å²) in [4.78, 5) is 0. The van der Waals surface area contributed by atoms with Gasteiger partial charge in [-0.25, -0.2) is 0 Å². The molecule has 19 aromatic carbocycles. The number of rotatable bonds is 1. The molecule has 0 saturated carbocycles. The van der Waals surface area contributed by atoms with Crippen LogP contribution in [-0.4, -0.2) is 9.13 Å². The lowest BCUT2D eigenvalue weighted by atomic mass is 9.70. The summed E-state index contributed by atoms with van der Waals surface area (Å²) < 4.78 is 4.50. The first-order chi connectivity index (χ1) is 66.0. The Morgan fingerprint density at radius 2 is 0.412 bits per heavy atom. The van der Waals surface area contributed by atoms with Crippen molar-refractivity contribution in [1.82, 2.24) is 9.13 Å². The molecule has 0 radical (unpaired) electrons. The highest BCUT2D eigenvalue weighted by Gasteiger charge is 2.54. The van der Waals surface area contributed by atoms with Crippen molar-refractivity contribution in [3.63, 3.8) is 0 Å². The van der Waals surface area contributed by atoms with E-state index in [9.17, 15) is 0 Å². The maximum Gasteiger partial charge on any atom is 0.0725 e. The molecule has 2 spiro atoms. The molecule has 8 aliphatic rings. The topological polar surface area (TPSA) is 9.86 Å².